The first-order chi connectivity index (χ1) is 12.3. The van der Waals surface area contributed by atoms with E-state index in [1.807, 2.05) is 42.0 Å². The predicted molar refractivity (Wildman–Crippen MR) is 98.8 cm³/mol. The van der Waals surface area contributed by atoms with Gasteiger partial charge < -0.3 is 5.32 Å². The van der Waals surface area contributed by atoms with Crippen LogP contribution in [0, 0.1) is 0 Å². The van der Waals surface area contributed by atoms with E-state index in [1.165, 1.54) is 35.4 Å². The molecule has 3 aromatic rings. The van der Waals surface area contributed by atoms with Crippen molar-refractivity contribution in [3.05, 3.63) is 58.2 Å². The van der Waals surface area contributed by atoms with Crippen molar-refractivity contribution in [1.29, 1.82) is 0 Å². The molecule has 0 spiro atoms. The van der Waals surface area contributed by atoms with Gasteiger partial charge in [0.15, 0.2) is 0 Å². The zero-order valence-corrected chi connectivity index (χ0v) is 14.8. The third kappa shape index (κ3) is 3.35. The van der Waals surface area contributed by atoms with Crippen molar-refractivity contribution in [2.75, 3.05) is 6.54 Å². The molecule has 0 bridgehead atoms. The van der Waals surface area contributed by atoms with E-state index >= 15 is 0 Å². The Bertz CT molecular complexity index is 855. The summed E-state index contributed by atoms with van der Waals surface area (Å²) in [6, 6.07) is 7.77. The lowest BCUT2D eigenvalue weighted by atomic mass is 9.94. The molecule has 3 heterocycles. The van der Waals surface area contributed by atoms with Crippen LogP contribution >= 0.6 is 11.3 Å². The van der Waals surface area contributed by atoms with Gasteiger partial charge in [0.1, 0.15) is 0 Å². The van der Waals surface area contributed by atoms with Crippen molar-refractivity contribution in [1.82, 2.24) is 20.1 Å². The third-order valence-corrected chi connectivity index (χ3v) is 5.43. The molecule has 0 aliphatic heterocycles. The molecule has 128 valence electrons. The average Bonchev–Trinajstić information content (AvgIpc) is 3.31. The minimum absolute atomic E-state index is 0.00891. The van der Waals surface area contributed by atoms with Crippen LogP contribution < -0.4 is 5.32 Å². The van der Waals surface area contributed by atoms with Crippen LogP contribution in [0.15, 0.2) is 42.0 Å². The summed E-state index contributed by atoms with van der Waals surface area (Å²) in [7, 11) is 0. The second-order valence-electron chi connectivity index (χ2n) is 6.17. The lowest BCUT2D eigenvalue weighted by molar-refractivity contribution is 0.0956. The van der Waals surface area contributed by atoms with Gasteiger partial charge in [0.2, 0.25) is 0 Å². The first-order valence-electron chi connectivity index (χ1n) is 8.63. The smallest absolute Gasteiger partial charge is 0.261 e. The maximum Gasteiger partial charge on any atom is 0.261 e. The molecule has 1 aliphatic carbocycles. The number of rotatable bonds is 5. The van der Waals surface area contributed by atoms with Gasteiger partial charge in [0.25, 0.3) is 5.91 Å². The van der Waals surface area contributed by atoms with Gasteiger partial charge in [-0.2, -0.15) is 5.10 Å². The first kappa shape index (κ1) is 16.0. The molecule has 4 rings (SSSR count). The number of fused-ring (bicyclic) bond motifs is 1. The van der Waals surface area contributed by atoms with Crippen LogP contribution in [0.4, 0.5) is 0 Å². The number of thiophene rings is 1. The molecule has 0 saturated carbocycles. The van der Waals surface area contributed by atoms with E-state index in [0.29, 0.717) is 13.1 Å². The summed E-state index contributed by atoms with van der Waals surface area (Å²) in [6.07, 6.45) is 8.18. The normalized spacial score (nSPS) is 13.4. The van der Waals surface area contributed by atoms with Gasteiger partial charge in [0, 0.05) is 35.8 Å². The second-order valence-corrected chi connectivity index (χ2v) is 7.12. The van der Waals surface area contributed by atoms with Gasteiger partial charge in [-0.1, -0.05) is 6.07 Å². The minimum atomic E-state index is -0.00891. The SMILES string of the molecule is O=C(NCCn1nc(-c2ccncc2)c2c1CCCC2)c1cccs1. The second kappa shape index (κ2) is 7.19. The molecule has 3 aromatic heterocycles. The average molecular weight is 352 g/mol. The molecule has 6 heteroatoms. The molecule has 25 heavy (non-hydrogen) atoms. The quantitative estimate of drug-likeness (QED) is 0.766. The van der Waals surface area contributed by atoms with E-state index < -0.39 is 0 Å². The zero-order valence-electron chi connectivity index (χ0n) is 13.9. The van der Waals surface area contributed by atoms with Gasteiger partial charge in [-0.05, 0) is 49.3 Å². The van der Waals surface area contributed by atoms with Crippen molar-refractivity contribution in [3.63, 3.8) is 0 Å². The Hall–Kier alpha value is -2.47. The van der Waals surface area contributed by atoms with Crippen LogP contribution in [0.5, 0.6) is 0 Å². The summed E-state index contributed by atoms with van der Waals surface area (Å²) >= 11 is 1.46. The number of aromatic nitrogens is 3. The molecule has 0 saturated heterocycles. The summed E-state index contributed by atoms with van der Waals surface area (Å²) in [4.78, 5) is 16.9. The number of carbonyl (C=O) groups is 1. The Balaban J connectivity index is 1.52. The van der Waals surface area contributed by atoms with Crippen molar-refractivity contribution in [2.45, 2.75) is 32.2 Å². The van der Waals surface area contributed by atoms with Crippen molar-refractivity contribution in [3.8, 4) is 11.3 Å². The van der Waals surface area contributed by atoms with Gasteiger partial charge in [-0.15, -0.1) is 11.3 Å². The largest absolute Gasteiger partial charge is 0.349 e. The maximum atomic E-state index is 12.1. The predicted octanol–water partition coefficient (Wildman–Crippen LogP) is 3.32. The Kier molecular flexibility index (Phi) is 4.61. The van der Waals surface area contributed by atoms with Crippen molar-refractivity contribution in [2.24, 2.45) is 0 Å². The molecule has 1 N–H and O–H groups in total. The fourth-order valence-electron chi connectivity index (χ4n) is 3.37. The zero-order chi connectivity index (χ0) is 17.1. The Morgan fingerprint density at radius 1 is 1.20 bits per heavy atom. The Labute approximate surface area is 150 Å². The van der Waals surface area contributed by atoms with Gasteiger partial charge in [-0.3, -0.25) is 14.5 Å². The molecule has 1 aliphatic rings. The molecule has 0 aromatic carbocycles. The van der Waals surface area contributed by atoms with E-state index in [9.17, 15) is 4.79 Å². The molecular weight excluding hydrogens is 332 g/mol. The molecule has 0 radical (unpaired) electrons. The topological polar surface area (TPSA) is 59.8 Å². The van der Waals surface area contributed by atoms with Crippen LogP contribution in [0.1, 0.15) is 33.8 Å². The number of hydrogen-bond donors (Lipinski definition) is 1. The molecule has 0 fully saturated rings. The maximum absolute atomic E-state index is 12.1. The highest BCUT2D eigenvalue weighted by Gasteiger charge is 2.21. The van der Waals surface area contributed by atoms with Crippen LogP contribution in [0.3, 0.4) is 0 Å². The minimum Gasteiger partial charge on any atom is -0.349 e. The Morgan fingerprint density at radius 2 is 2.04 bits per heavy atom. The van der Waals surface area contributed by atoms with E-state index in [4.69, 9.17) is 5.10 Å². The van der Waals surface area contributed by atoms with E-state index in [1.54, 1.807) is 0 Å². The lowest BCUT2D eigenvalue weighted by Gasteiger charge is -2.14. The number of hydrogen-bond acceptors (Lipinski definition) is 4. The Morgan fingerprint density at radius 3 is 2.84 bits per heavy atom. The van der Waals surface area contributed by atoms with Gasteiger partial charge in [-0.25, -0.2) is 0 Å². The van der Waals surface area contributed by atoms with Crippen LogP contribution in [0.25, 0.3) is 11.3 Å². The van der Waals surface area contributed by atoms with Crippen LogP contribution in [-0.2, 0) is 19.4 Å². The first-order valence-corrected chi connectivity index (χ1v) is 9.51. The highest BCUT2D eigenvalue weighted by Crippen LogP contribution is 2.30. The molecule has 0 unspecified atom stereocenters. The summed E-state index contributed by atoms with van der Waals surface area (Å²) in [5, 5.41) is 9.77. The summed E-state index contributed by atoms with van der Waals surface area (Å²) in [5.74, 6) is -0.00891. The van der Waals surface area contributed by atoms with E-state index in [0.717, 1.165) is 29.0 Å². The fourth-order valence-corrected chi connectivity index (χ4v) is 4.01. The van der Waals surface area contributed by atoms with Crippen LogP contribution in [-0.4, -0.2) is 27.2 Å². The van der Waals surface area contributed by atoms with Gasteiger partial charge >= 0.3 is 0 Å². The number of carbonyl (C=O) groups excluding carboxylic acids is 1. The van der Waals surface area contributed by atoms with Crippen molar-refractivity contribution >= 4 is 17.2 Å². The number of amides is 1. The molecular formula is C19H20N4OS. The monoisotopic (exact) mass is 352 g/mol. The fraction of sp³-hybridized carbons (Fsp3) is 0.316. The summed E-state index contributed by atoms with van der Waals surface area (Å²) in [6.45, 7) is 1.28. The lowest BCUT2D eigenvalue weighted by Crippen LogP contribution is -2.27. The number of nitrogens with zero attached hydrogens (tertiary/aromatic N) is 3. The standard InChI is InChI=1S/C19H20N4OS/c24-19(17-6-3-13-25-17)21-11-12-23-16-5-2-1-4-15(16)18(22-23)14-7-9-20-10-8-14/h3,6-10,13H,1-2,4-5,11-12H2,(H,21,24). The number of pyridine rings is 1. The third-order valence-electron chi connectivity index (χ3n) is 4.56. The molecule has 5 nitrogen and oxygen atoms in total. The summed E-state index contributed by atoms with van der Waals surface area (Å²) in [5.41, 5.74) is 4.88. The highest BCUT2D eigenvalue weighted by molar-refractivity contribution is 7.12. The van der Waals surface area contributed by atoms with Crippen molar-refractivity contribution < 1.29 is 4.79 Å². The van der Waals surface area contributed by atoms with E-state index in [2.05, 4.69) is 15.0 Å². The summed E-state index contributed by atoms with van der Waals surface area (Å²) < 4.78 is 2.08. The molecule has 0 atom stereocenters. The number of nitrogens with one attached hydrogen (secondary N) is 1. The van der Waals surface area contributed by atoms with Crippen LogP contribution in [0.2, 0.25) is 0 Å². The molecule has 1 amide bonds. The highest BCUT2D eigenvalue weighted by atomic mass is 32.1. The van der Waals surface area contributed by atoms with Gasteiger partial charge in [0.05, 0.1) is 17.1 Å². The van der Waals surface area contributed by atoms with E-state index in [-0.39, 0.29) is 5.91 Å².